The Bertz CT molecular complexity index is 109. The van der Waals surface area contributed by atoms with Crippen LogP contribution in [0.4, 0.5) is 0 Å². The van der Waals surface area contributed by atoms with Crippen molar-refractivity contribution < 1.29 is 9.84 Å². The molecular weight excluding hydrogens is 154 g/mol. The Morgan fingerprint density at radius 3 is 2.58 bits per heavy atom. The van der Waals surface area contributed by atoms with Gasteiger partial charge in [-0.25, -0.2) is 0 Å². The molecular formula is C9H21NO2. The Kier molecular flexibility index (Phi) is 6.34. The lowest BCUT2D eigenvalue weighted by Crippen LogP contribution is -2.46. The van der Waals surface area contributed by atoms with E-state index in [1.54, 1.807) is 7.11 Å². The molecule has 0 amide bonds. The quantitative estimate of drug-likeness (QED) is 0.562. The monoisotopic (exact) mass is 175 g/mol. The van der Waals surface area contributed by atoms with E-state index in [9.17, 15) is 0 Å². The van der Waals surface area contributed by atoms with Crippen molar-refractivity contribution in [3.05, 3.63) is 0 Å². The van der Waals surface area contributed by atoms with Crippen molar-refractivity contribution in [2.24, 2.45) is 0 Å². The number of hydrogen-bond acceptors (Lipinski definition) is 3. The molecule has 0 rings (SSSR count). The molecule has 0 spiro atoms. The molecule has 0 aliphatic carbocycles. The van der Waals surface area contributed by atoms with Gasteiger partial charge in [-0.05, 0) is 13.3 Å². The van der Waals surface area contributed by atoms with Crippen LogP contribution in [0.1, 0.15) is 26.7 Å². The highest BCUT2D eigenvalue weighted by Gasteiger charge is 2.20. The number of methoxy groups -OCH3 is 1. The standard InChI is InChI=1S/C9H21NO2/c1-4-5-9(2,8-11)10-6-7-12-3/h10-11H,4-8H2,1-3H3. The first kappa shape index (κ1) is 11.9. The van der Waals surface area contributed by atoms with Crippen molar-refractivity contribution in [3.63, 3.8) is 0 Å². The Morgan fingerprint density at radius 1 is 1.50 bits per heavy atom. The zero-order valence-electron chi connectivity index (χ0n) is 8.39. The smallest absolute Gasteiger partial charge is 0.0610 e. The minimum absolute atomic E-state index is 0.132. The molecule has 1 unspecified atom stereocenters. The molecule has 0 aromatic rings. The summed E-state index contributed by atoms with van der Waals surface area (Å²) < 4.78 is 4.92. The Morgan fingerprint density at radius 2 is 2.17 bits per heavy atom. The number of nitrogens with one attached hydrogen (secondary N) is 1. The van der Waals surface area contributed by atoms with Crippen LogP contribution < -0.4 is 5.32 Å². The van der Waals surface area contributed by atoms with E-state index in [1.165, 1.54) is 0 Å². The molecule has 0 saturated carbocycles. The molecule has 0 saturated heterocycles. The summed E-state index contributed by atoms with van der Waals surface area (Å²) in [6, 6.07) is 0. The van der Waals surface area contributed by atoms with Gasteiger partial charge in [0.1, 0.15) is 0 Å². The topological polar surface area (TPSA) is 41.5 Å². The summed E-state index contributed by atoms with van der Waals surface area (Å²) >= 11 is 0. The summed E-state index contributed by atoms with van der Waals surface area (Å²) in [4.78, 5) is 0. The minimum atomic E-state index is -0.132. The molecule has 0 fully saturated rings. The lowest BCUT2D eigenvalue weighted by molar-refractivity contribution is 0.141. The van der Waals surface area contributed by atoms with Crippen LogP contribution in [0.5, 0.6) is 0 Å². The van der Waals surface area contributed by atoms with Crippen LogP contribution in [0, 0.1) is 0 Å². The molecule has 0 heterocycles. The molecule has 74 valence electrons. The third-order valence-corrected chi connectivity index (χ3v) is 2.01. The molecule has 0 radical (unpaired) electrons. The van der Waals surface area contributed by atoms with Gasteiger partial charge < -0.3 is 15.2 Å². The molecule has 12 heavy (non-hydrogen) atoms. The number of ether oxygens (including phenoxy) is 1. The fraction of sp³-hybridized carbons (Fsp3) is 1.00. The molecule has 3 nitrogen and oxygen atoms in total. The number of rotatable bonds is 7. The van der Waals surface area contributed by atoms with E-state index < -0.39 is 0 Å². The maximum Gasteiger partial charge on any atom is 0.0610 e. The van der Waals surface area contributed by atoms with E-state index in [4.69, 9.17) is 9.84 Å². The van der Waals surface area contributed by atoms with E-state index >= 15 is 0 Å². The molecule has 2 N–H and O–H groups in total. The first-order chi connectivity index (χ1) is 5.68. The van der Waals surface area contributed by atoms with E-state index in [-0.39, 0.29) is 12.1 Å². The van der Waals surface area contributed by atoms with Crippen LogP contribution in [0.25, 0.3) is 0 Å². The Labute approximate surface area is 75.1 Å². The van der Waals surface area contributed by atoms with E-state index in [2.05, 4.69) is 12.2 Å². The van der Waals surface area contributed by atoms with Gasteiger partial charge in [-0.1, -0.05) is 13.3 Å². The van der Waals surface area contributed by atoms with Gasteiger partial charge in [-0.2, -0.15) is 0 Å². The van der Waals surface area contributed by atoms with Gasteiger partial charge >= 0.3 is 0 Å². The summed E-state index contributed by atoms with van der Waals surface area (Å²) in [6.07, 6.45) is 2.07. The van der Waals surface area contributed by atoms with Crippen LogP contribution in [-0.4, -0.2) is 37.5 Å². The van der Waals surface area contributed by atoms with Gasteiger partial charge in [0, 0.05) is 19.2 Å². The largest absolute Gasteiger partial charge is 0.394 e. The summed E-state index contributed by atoms with van der Waals surface area (Å²) in [6.45, 7) is 5.83. The molecule has 0 aromatic heterocycles. The fourth-order valence-corrected chi connectivity index (χ4v) is 1.23. The van der Waals surface area contributed by atoms with Gasteiger partial charge in [0.25, 0.3) is 0 Å². The van der Waals surface area contributed by atoms with Crippen LogP contribution in [0.3, 0.4) is 0 Å². The number of aliphatic hydroxyl groups excluding tert-OH is 1. The van der Waals surface area contributed by atoms with Crippen molar-refractivity contribution in [2.75, 3.05) is 26.9 Å². The lowest BCUT2D eigenvalue weighted by atomic mass is 9.97. The minimum Gasteiger partial charge on any atom is -0.394 e. The second-order valence-electron chi connectivity index (χ2n) is 3.39. The normalized spacial score (nSPS) is 16.0. The second kappa shape index (κ2) is 6.40. The summed E-state index contributed by atoms with van der Waals surface area (Å²) in [5.41, 5.74) is -0.132. The van der Waals surface area contributed by atoms with Crippen LogP contribution in [-0.2, 0) is 4.74 Å². The molecule has 0 aliphatic heterocycles. The first-order valence-electron chi connectivity index (χ1n) is 4.53. The SMILES string of the molecule is CCCC(C)(CO)NCCOC. The third kappa shape index (κ3) is 4.70. The maximum absolute atomic E-state index is 9.11. The average molecular weight is 175 g/mol. The number of aliphatic hydroxyl groups is 1. The van der Waals surface area contributed by atoms with Gasteiger partial charge in [-0.3, -0.25) is 0 Å². The van der Waals surface area contributed by atoms with Crippen molar-refractivity contribution in [3.8, 4) is 0 Å². The summed E-state index contributed by atoms with van der Waals surface area (Å²) in [5.74, 6) is 0. The highest BCUT2D eigenvalue weighted by atomic mass is 16.5. The van der Waals surface area contributed by atoms with Crippen LogP contribution in [0.15, 0.2) is 0 Å². The lowest BCUT2D eigenvalue weighted by Gasteiger charge is -2.28. The molecule has 0 aliphatic rings. The van der Waals surface area contributed by atoms with Crippen molar-refractivity contribution in [1.82, 2.24) is 5.32 Å². The molecule has 0 bridgehead atoms. The van der Waals surface area contributed by atoms with E-state index in [0.717, 1.165) is 19.4 Å². The molecule has 3 heteroatoms. The van der Waals surface area contributed by atoms with Gasteiger partial charge in [0.05, 0.1) is 13.2 Å². The zero-order valence-corrected chi connectivity index (χ0v) is 8.39. The van der Waals surface area contributed by atoms with Crippen LogP contribution >= 0.6 is 0 Å². The van der Waals surface area contributed by atoms with E-state index in [1.807, 2.05) is 6.92 Å². The van der Waals surface area contributed by atoms with Crippen molar-refractivity contribution >= 4 is 0 Å². The molecule has 1 atom stereocenters. The third-order valence-electron chi connectivity index (χ3n) is 2.01. The maximum atomic E-state index is 9.11. The fourth-order valence-electron chi connectivity index (χ4n) is 1.23. The van der Waals surface area contributed by atoms with Crippen molar-refractivity contribution in [2.45, 2.75) is 32.2 Å². The van der Waals surface area contributed by atoms with Gasteiger partial charge in [-0.15, -0.1) is 0 Å². The average Bonchev–Trinajstić information content (AvgIpc) is 2.06. The Balaban J connectivity index is 3.63. The van der Waals surface area contributed by atoms with Gasteiger partial charge in [0.15, 0.2) is 0 Å². The Hall–Kier alpha value is -0.120. The predicted octanol–water partition coefficient (Wildman–Crippen LogP) is 0.773. The highest BCUT2D eigenvalue weighted by molar-refractivity contribution is 4.81. The van der Waals surface area contributed by atoms with Crippen LogP contribution in [0.2, 0.25) is 0 Å². The first-order valence-corrected chi connectivity index (χ1v) is 4.53. The number of hydrogen-bond donors (Lipinski definition) is 2. The molecule has 0 aromatic carbocycles. The van der Waals surface area contributed by atoms with Gasteiger partial charge in [0.2, 0.25) is 0 Å². The second-order valence-corrected chi connectivity index (χ2v) is 3.39. The summed E-state index contributed by atoms with van der Waals surface area (Å²) in [5, 5.41) is 12.4. The zero-order chi connectivity index (χ0) is 9.45. The van der Waals surface area contributed by atoms with E-state index in [0.29, 0.717) is 6.61 Å². The summed E-state index contributed by atoms with van der Waals surface area (Å²) in [7, 11) is 1.68. The highest BCUT2D eigenvalue weighted by Crippen LogP contribution is 2.10. The predicted molar refractivity (Wildman–Crippen MR) is 50.3 cm³/mol. The van der Waals surface area contributed by atoms with Crippen molar-refractivity contribution in [1.29, 1.82) is 0 Å².